The van der Waals surface area contributed by atoms with E-state index in [2.05, 4.69) is 20.4 Å². The highest BCUT2D eigenvalue weighted by Gasteiger charge is 2.24. The van der Waals surface area contributed by atoms with Gasteiger partial charge in [0.15, 0.2) is 0 Å². The van der Waals surface area contributed by atoms with E-state index in [0.29, 0.717) is 36.9 Å². The summed E-state index contributed by atoms with van der Waals surface area (Å²) in [5.74, 6) is 1.44. The minimum absolute atomic E-state index is 0.0390. The summed E-state index contributed by atoms with van der Waals surface area (Å²) in [5, 5.41) is 6.78. The van der Waals surface area contributed by atoms with Gasteiger partial charge in [-0.2, -0.15) is 4.98 Å². The molecule has 0 saturated heterocycles. The molecule has 3 aromatic rings. The summed E-state index contributed by atoms with van der Waals surface area (Å²) in [6.45, 7) is 0.719. The van der Waals surface area contributed by atoms with Gasteiger partial charge in [0.2, 0.25) is 17.6 Å². The van der Waals surface area contributed by atoms with E-state index in [4.69, 9.17) is 9.26 Å². The predicted molar refractivity (Wildman–Crippen MR) is 93.1 cm³/mol. The summed E-state index contributed by atoms with van der Waals surface area (Å²) in [7, 11) is 0. The van der Waals surface area contributed by atoms with Crippen molar-refractivity contribution in [3.05, 3.63) is 60.1 Å². The first-order valence-corrected chi connectivity index (χ1v) is 8.52. The Morgan fingerprint density at radius 3 is 2.96 bits per heavy atom. The molecule has 2 aromatic heterocycles. The Labute approximate surface area is 150 Å². The number of carbonyl (C=O) groups excluding carboxylic acids is 1. The lowest BCUT2D eigenvalue weighted by Crippen LogP contribution is -2.31. The van der Waals surface area contributed by atoms with Crippen LogP contribution in [0.15, 0.2) is 53.2 Å². The van der Waals surface area contributed by atoms with E-state index in [9.17, 15) is 4.79 Å². The van der Waals surface area contributed by atoms with Gasteiger partial charge in [0.1, 0.15) is 11.4 Å². The fourth-order valence-corrected chi connectivity index (χ4v) is 2.95. The number of ether oxygens (including phenoxy) is 1. The molecule has 0 bridgehead atoms. The first-order valence-electron chi connectivity index (χ1n) is 8.52. The van der Waals surface area contributed by atoms with Gasteiger partial charge < -0.3 is 14.6 Å². The van der Waals surface area contributed by atoms with Crippen LogP contribution >= 0.6 is 0 Å². The number of fused-ring (bicyclic) bond motifs is 1. The number of hydrogen-bond donors (Lipinski definition) is 1. The van der Waals surface area contributed by atoms with E-state index in [-0.39, 0.29) is 18.4 Å². The largest absolute Gasteiger partial charge is 0.493 e. The SMILES string of the molecule is O=C(NCc1nc(-c2ccccn2)no1)[C@H]1CCOc2ccccc2C1. The van der Waals surface area contributed by atoms with Crippen molar-refractivity contribution in [2.24, 2.45) is 5.92 Å². The summed E-state index contributed by atoms with van der Waals surface area (Å²) in [6.07, 6.45) is 2.99. The second kappa shape index (κ2) is 7.35. The maximum absolute atomic E-state index is 12.5. The fraction of sp³-hybridized carbons (Fsp3) is 0.263. The predicted octanol–water partition coefficient (Wildman–Crippen LogP) is 2.39. The van der Waals surface area contributed by atoms with Crippen molar-refractivity contribution in [3.8, 4) is 17.3 Å². The molecule has 7 heteroatoms. The van der Waals surface area contributed by atoms with Gasteiger partial charge in [-0.15, -0.1) is 0 Å². The Morgan fingerprint density at radius 1 is 1.19 bits per heavy atom. The quantitative estimate of drug-likeness (QED) is 0.777. The van der Waals surface area contributed by atoms with Gasteiger partial charge in [-0.05, 0) is 36.6 Å². The van der Waals surface area contributed by atoms with Crippen LogP contribution in [-0.2, 0) is 17.8 Å². The van der Waals surface area contributed by atoms with E-state index in [1.54, 1.807) is 12.3 Å². The second-order valence-electron chi connectivity index (χ2n) is 6.09. The number of nitrogens with zero attached hydrogens (tertiary/aromatic N) is 3. The van der Waals surface area contributed by atoms with Gasteiger partial charge in [-0.25, -0.2) is 0 Å². The third-order valence-corrected chi connectivity index (χ3v) is 4.31. The second-order valence-corrected chi connectivity index (χ2v) is 6.09. The van der Waals surface area contributed by atoms with Crippen molar-refractivity contribution < 1.29 is 14.1 Å². The molecule has 132 valence electrons. The number of carbonyl (C=O) groups is 1. The lowest BCUT2D eigenvalue weighted by atomic mass is 9.96. The van der Waals surface area contributed by atoms with Gasteiger partial charge >= 0.3 is 0 Å². The minimum Gasteiger partial charge on any atom is -0.493 e. The third-order valence-electron chi connectivity index (χ3n) is 4.31. The maximum Gasteiger partial charge on any atom is 0.246 e. The Bertz CT molecular complexity index is 895. The van der Waals surface area contributed by atoms with Crippen molar-refractivity contribution >= 4 is 5.91 Å². The molecule has 3 heterocycles. The molecule has 1 aliphatic heterocycles. The molecule has 0 aliphatic carbocycles. The van der Waals surface area contributed by atoms with Gasteiger partial charge in [0.25, 0.3) is 0 Å². The molecular weight excluding hydrogens is 332 g/mol. The molecule has 7 nitrogen and oxygen atoms in total. The molecule has 4 rings (SSSR count). The number of rotatable bonds is 4. The van der Waals surface area contributed by atoms with Crippen LogP contribution in [0.2, 0.25) is 0 Å². The van der Waals surface area contributed by atoms with Crippen molar-refractivity contribution in [1.29, 1.82) is 0 Å². The smallest absolute Gasteiger partial charge is 0.246 e. The van der Waals surface area contributed by atoms with Crippen molar-refractivity contribution in [2.75, 3.05) is 6.61 Å². The highest BCUT2D eigenvalue weighted by Crippen LogP contribution is 2.26. The van der Waals surface area contributed by atoms with Gasteiger partial charge in [0, 0.05) is 12.1 Å². The van der Waals surface area contributed by atoms with Crippen LogP contribution < -0.4 is 10.1 Å². The van der Waals surface area contributed by atoms with Crippen molar-refractivity contribution in [2.45, 2.75) is 19.4 Å². The molecule has 1 aromatic carbocycles. The van der Waals surface area contributed by atoms with Crippen LogP contribution in [0.3, 0.4) is 0 Å². The zero-order valence-corrected chi connectivity index (χ0v) is 14.1. The molecule has 1 aliphatic rings. The molecule has 0 radical (unpaired) electrons. The van der Waals surface area contributed by atoms with Crippen LogP contribution in [0.5, 0.6) is 5.75 Å². The Morgan fingerprint density at radius 2 is 2.08 bits per heavy atom. The molecule has 1 N–H and O–H groups in total. The number of pyridine rings is 1. The van der Waals surface area contributed by atoms with Crippen molar-refractivity contribution in [1.82, 2.24) is 20.4 Å². The monoisotopic (exact) mass is 350 g/mol. The maximum atomic E-state index is 12.5. The van der Waals surface area contributed by atoms with E-state index >= 15 is 0 Å². The zero-order valence-electron chi connectivity index (χ0n) is 14.1. The number of nitrogens with one attached hydrogen (secondary N) is 1. The van der Waals surface area contributed by atoms with Crippen LogP contribution in [0.25, 0.3) is 11.5 Å². The van der Waals surface area contributed by atoms with Crippen LogP contribution in [-0.4, -0.2) is 27.6 Å². The third kappa shape index (κ3) is 3.56. The number of aromatic nitrogens is 3. The van der Waals surface area contributed by atoms with E-state index in [1.807, 2.05) is 36.4 Å². The van der Waals surface area contributed by atoms with Crippen LogP contribution in [0.1, 0.15) is 17.9 Å². The molecule has 1 amide bonds. The number of hydrogen-bond acceptors (Lipinski definition) is 6. The Kier molecular flexibility index (Phi) is 4.59. The van der Waals surface area contributed by atoms with E-state index in [0.717, 1.165) is 11.3 Å². The minimum atomic E-state index is -0.142. The lowest BCUT2D eigenvalue weighted by molar-refractivity contribution is -0.125. The lowest BCUT2D eigenvalue weighted by Gasteiger charge is -2.12. The first kappa shape index (κ1) is 16.3. The molecule has 0 saturated carbocycles. The number of benzene rings is 1. The Balaban J connectivity index is 1.38. The normalized spacial score (nSPS) is 16.2. The Hall–Kier alpha value is -3.22. The standard InChI is InChI=1S/C19H18N4O3/c24-19(14-8-10-25-16-7-2-1-5-13(16)11-14)21-12-17-22-18(23-26-17)15-6-3-4-9-20-15/h1-7,9,14H,8,10-12H2,(H,21,24)/t14-/m0/s1. The van der Waals surface area contributed by atoms with Crippen molar-refractivity contribution in [3.63, 3.8) is 0 Å². The molecule has 26 heavy (non-hydrogen) atoms. The molecule has 1 atom stereocenters. The van der Waals surface area contributed by atoms with Crippen LogP contribution in [0.4, 0.5) is 0 Å². The average Bonchev–Trinajstić information content (AvgIpc) is 3.05. The van der Waals surface area contributed by atoms with Gasteiger partial charge in [-0.1, -0.05) is 29.4 Å². The highest BCUT2D eigenvalue weighted by molar-refractivity contribution is 5.79. The summed E-state index contributed by atoms with van der Waals surface area (Å²) in [5.41, 5.74) is 1.69. The fourth-order valence-electron chi connectivity index (χ4n) is 2.95. The van der Waals surface area contributed by atoms with Crippen LogP contribution in [0, 0.1) is 5.92 Å². The first-order chi connectivity index (χ1) is 12.8. The average molecular weight is 350 g/mol. The summed E-state index contributed by atoms with van der Waals surface area (Å²) in [6, 6.07) is 13.3. The van der Waals surface area contributed by atoms with E-state index in [1.165, 1.54) is 0 Å². The molecule has 0 fully saturated rings. The molecule has 0 spiro atoms. The van der Waals surface area contributed by atoms with E-state index < -0.39 is 0 Å². The molecular formula is C19H18N4O3. The summed E-state index contributed by atoms with van der Waals surface area (Å²) < 4.78 is 10.9. The number of para-hydroxylation sites is 1. The van der Waals surface area contributed by atoms with Gasteiger partial charge in [0.05, 0.1) is 13.2 Å². The summed E-state index contributed by atoms with van der Waals surface area (Å²) >= 11 is 0. The van der Waals surface area contributed by atoms with Gasteiger partial charge in [-0.3, -0.25) is 9.78 Å². The topological polar surface area (TPSA) is 90.1 Å². The molecule has 0 unspecified atom stereocenters. The highest BCUT2D eigenvalue weighted by atomic mass is 16.5. The zero-order chi connectivity index (χ0) is 17.8. The number of amides is 1. The summed E-state index contributed by atoms with van der Waals surface area (Å²) in [4.78, 5) is 21.0.